The van der Waals surface area contributed by atoms with Gasteiger partial charge in [-0.25, -0.2) is 0 Å². The first-order valence-electron chi connectivity index (χ1n) is 5.20. The lowest BCUT2D eigenvalue weighted by Gasteiger charge is -2.32. The smallest absolute Gasteiger partial charge is 0.116 e. The van der Waals surface area contributed by atoms with Gasteiger partial charge in [-0.2, -0.15) is 0 Å². The Morgan fingerprint density at radius 2 is 1.33 bits per heavy atom. The topological polar surface area (TPSA) is 3.24 Å². The summed E-state index contributed by atoms with van der Waals surface area (Å²) < 4.78 is 2.52. The third kappa shape index (κ3) is 3.28. The maximum Gasteiger partial charge on any atom is 0.116 e. The predicted octanol–water partition coefficient (Wildman–Crippen LogP) is 2.87. The third-order valence-corrected chi connectivity index (χ3v) is 7.52. The first kappa shape index (κ1) is 12.2. The average molecular weight is 187 g/mol. The molecule has 0 rings (SSSR count). The second-order valence-electron chi connectivity index (χ2n) is 4.23. The van der Waals surface area contributed by atoms with Crippen LogP contribution in [0, 0.1) is 0 Å². The van der Waals surface area contributed by atoms with Crippen LogP contribution in [0.25, 0.3) is 0 Å². The van der Waals surface area contributed by atoms with Crippen molar-refractivity contribution in [2.75, 3.05) is 14.1 Å². The lowest BCUT2D eigenvalue weighted by molar-refractivity contribution is 0.578. The number of rotatable bonds is 5. The Kier molecular flexibility index (Phi) is 5.84. The van der Waals surface area contributed by atoms with E-state index in [4.69, 9.17) is 0 Å². The van der Waals surface area contributed by atoms with Gasteiger partial charge in [0, 0.05) is 0 Å². The summed E-state index contributed by atoms with van der Waals surface area (Å²) in [5.74, 6) is 0. The molecule has 0 aromatic carbocycles. The minimum Gasteiger partial charge on any atom is -0.331 e. The quantitative estimate of drug-likeness (QED) is 0.598. The Hall–Kier alpha value is 0.177. The molecule has 0 aromatic rings. The summed E-state index contributed by atoms with van der Waals surface area (Å²) in [5.41, 5.74) is 1.91. The van der Waals surface area contributed by atoms with Gasteiger partial charge in [0.25, 0.3) is 0 Å². The van der Waals surface area contributed by atoms with Crippen LogP contribution in [0.5, 0.6) is 0 Å². The zero-order chi connectivity index (χ0) is 9.72. The molecule has 0 spiro atoms. The summed E-state index contributed by atoms with van der Waals surface area (Å²) in [6, 6.07) is 0. The van der Waals surface area contributed by atoms with Gasteiger partial charge in [-0.3, -0.25) is 0 Å². The molecule has 0 radical (unpaired) electrons. The van der Waals surface area contributed by atoms with E-state index in [2.05, 4.69) is 46.4 Å². The Morgan fingerprint density at radius 3 is 1.50 bits per heavy atom. The summed E-state index contributed by atoms with van der Waals surface area (Å²) in [6.07, 6.45) is 2.69. The third-order valence-electron chi connectivity index (χ3n) is 3.05. The highest BCUT2D eigenvalue weighted by Gasteiger charge is 2.25. The Labute approximate surface area is 79.8 Å². The molecule has 2 unspecified atom stereocenters. The average Bonchev–Trinajstić information content (AvgIpc) is 2.03. The van der Waals surface area contributed by atoms with Crippen LogP contribution in [-0.4, -0.2) is 27.6 Å². The molecule has 1 nitrogen and oxygen atoms in total. The zero-order valence-corrected chi connectivity index (χ0v) is 10.7. The first-order chi connectivity index (χ1) is 5.54. The molecule has 2 atom stereocenters. The minimum atomic E-state index is -0.662. The fourth-order valence-corrected chi connectivity index (χ4v) is 6.19. The highest BCUT2D eigenvalue weighted by Crippen LogP contribution is 2.27. The molecule has 0 aliphatic rings. The molecule has 0 fully saturated rings. The van der Waals surface area contributed by atoms with Crippen molar-refractivity contribution in [2.45, 2.75) is 51.6 Å². The summed E-state index contributed by atoms with van der Waals surface area (Å²) in [4.78, 5) is 0. The van der Waals surface area contributed by atoms with Crippen LogP contribution in [0.3, 0.4) is 0 Å². The van der Waals surface area contributed by atoms with Gasteiger partial charge in [0.2, 0.25) is 0 Å². The van der Waals surface area contributed by atoms with Gasteiger partial charge in [-0.15, -0.1) is 0 Å². The van der Waals surface area contributed by atoms with Gasteiger partial charge in [0.1, 0.15) is 8.96 Å². The molecule has 0 bridgehead atoms. The normalized spacial score (nSPS) is 19.2. The molecule has 12 heavy (non-hydrogen) atoms. The molecule has 0 saturated carbocycles. The lowest BCUT2D eigenvalue weighted by atomic mass is 10.4. The van der Waals surface area contributed by atoms with Crippen molar-refractivity contribution in [1.82, 2.24) is 4.57 Å². The molecule has 2 heteroatoms. The highest BCUT2D eigenvalue weighted by atomic mass is 28.3. The van der Waals surface area contributed by atoms with Crippen molar-refractivity contribution < 1.29 is 0 Å². The fraction of sp³-hybridized carbons (Fsp3) is 1.00. The van der Waals surface area contributed by atoms with Crippen molar-refractivity contribution in [3.8, 4) is 0 Å². The fourth-order valence-electron chi connectivity index (χ4n) is 2.06. The van der Waals surface area contributed by atoms with Gasteiger partial charge in [0.05, 0.1) is 0 Å². The molecule has 0 N–H and O–H groups in total. The van der Waals surface area contributed by atoms with Crippen LogP contribution in [0.4, 0.5) is 0 Å². The molecule has 74 valence electrons. The van der Waals surface area contributed by atoms with Crippen LogP contribution >= 0.6 is 0 Å². The molecule has 0 amide bonds. The van der Waals surface area contributed by atoms with Crippen molar-refractivity contribution in [3.05, 3.63) is 0 Å². The molecular formula is C10H25NSi. The van der Waals surface area contributed by atoms with Gasteiger partial charge in [-0.05, 0) is 25.2 Å². The van der Waals surface area contributed by atoms with E-state index in [1.165, 1.54) is 12.8 Å². The summed E-state index contributed by atoms with van der Waals surface area (Å²) in [7, 11) is 3.86. The van der Waals surface area contributed by atoms with Crippen molar-refractivity contribution in [2.24, 2.45) is 0 Å². The van der Waals surface area contributed by atoms with Crippen molar-refractivity contribution >= 4 is 8.96 Å². The summed E-state index contributed by atoms with van der Waals surface area (Å²) >= 11 is 0. The van der Waals surface area contributed by atoms with Crippen LogP contribution in [0.2, 0.25) is 11.1 Å². The van der Waals surface area contributed by atoms with E-state index in [0.717, 1.165) is 11.1 Å². The molecule has 0 heterocycles. The number of nitrogens with zero attached hydrogens (tertiary/aromatic N) is 1. The van der Waals surface area contributed by atoms with E-state index >= 15 is 0 Å². The largest absolute Gasteiger partial charge is 0.331 e. The highest BCUT2D eigenvalue weighted by molar-refractivity contribution is 6.58. The second-order valence-corrected chi connectivity index (χ2v) is 8.52. The number of hydrogen-bond acceptors (Lipinski definition) is 1. The van der Waals surface area contributed by atoms with E-state index in [0.29, 0.717) is 0 Å². The van der Waals surface area contributed by atoms with Gasteiger partial charge in [-0.1, -0.05) is 40.5 Å². The second kappa shape index (κ2) is 5.76. The lowest BCUT2D eigenvalue weighted by Crippen LogP contribution is -2.39. The van der Waals surface area contributed by atoms with Gasteiger partial charge < -0.3 is 4.57 Å². The van der Waals surface area contributed by atoms with Crippen LogP contribution in [0.15, 0.2) is 0 Å². The zero-order valence-electron chi connectivity index (χ0n) is 9.59. The van der Waals surface area contributed by atoms with E-state index in [1.807, 2.05) is 0 Å². The molecule has 0 aliphatic carbocycles. The summed E-state index contributed by atoms with van der Waals surface area (Å²) in [6.45, 7) is 9.47. The van der Waals surface area contributed by atoms with E-state index < -0.39 is 8.96 Å². The Bertz CT molecular complexity index is 104. The van der Waals surface area contributed by atoms with E-state index in [-0.39, 0.29) is 0 Å². The Balaban J connectivity index is 4.21. The molecule has 0 saturated heterocycles. The van der Waals surface area contributed by atoms with Crippen LogP contribution < -0.4 is 0 Å². The molecular weight excluding hydrogens is 162 g/mol. The van der Waals surface area contributed by atoms with Gasteiger partial charge >= 0.3 is 0 Å². The number of hydrogen-bond donors (Lipinski definition) is 0. The maximum atomic E-state index is 2.52. The van der Waals surface area contributed by atoms with Crippen molar-refractivity contribution in [3.63, 3.8) is 0 Å². The summed E-state index contributed by atoms with van der Waals surface area (Å²) in [5, 5.41) is 0. The maximum absolute atomic E-state index is 2.52. The molecule has 0 aliphatic heterocycles. The standard InChI is InChI=1S/C10H25NSi/c1-7-9(3)12(11(5)6)10(4)8-2/h9-10,12H,7-8H2,1-6H3. The van der Waals surface area contributed by atoms with Crippen LogP contribution in [0.1, 0.15) is 40.5 Å². The van der Waals surface area contributed by atoms with Crippen LogP contribution in [-0.2, 0) is 0 Å². The van der Waals surface area contributed by atoms with Gasteiger partial charge in [0.15, 0.2) is 0 Å². The monoisotopic (exact) mass is 187 g/mol. The first-order valence-corrected chi connectivity index (χ1v) is 7.05. The predicted molar refractivity (Wildman–Crippen MR) is 60.3 cm³/mol. The Morgan fingerprint density at radius 1 is 1.00 bits per heavy atom. The van der Waals surface area contributed by atoms with Crippen molar-refractivity contribution in [1.29, 1.82) is 0 Å². The van der Waals surface area contributed by atoms with E-state index in [1.54, 1.807) is 0 Å². The SMILES string of the molecule is CCC(C)[SiH](C(C)CC)N(C)C. The minimum absolute atomic E-state index is 0.662. The molecule has 0 aromatic heterocycles. The van der Waals surface area contributed by atoms with E-state index in [9.17, 15) is 0 Å².